The first-order chi connectivity index (χ1) is 13.2. The molecule has 2 aromatic rings. The van der Waals surface area contributed by atoms with Crippen molar-refractivity contribution in [3.8, 4) is 6.07 Å². The minimum atomic E-state index is -0.186. The molecule has 0 spiro atoms. The summed E-state index contributed by atoms with van der Waals surface area (Å²) < 4.78 is 0. The van der Waals surface area contributed by atoms with Crippen LogP contribution in [-0.4, -0.2) is 41.1 Å². The number of rotatable bonds is 4. The van der Waals surface area contributed by atoms with Crippen LogP contribution in [0.15, 0.2) is 48.8 Å². The Bertz CT molecular complexity index is 822. The fourth-order valence-corrected chi connectivity index (χ4v) is 4.33. The summed E-state index contributed by atoms with van der Waals surface area (Å²) in [4.78, 5) is 19.3. The molecule has 6 nitrogen and oxygen atoms in total. The van der Waals surface area contributed by atoms with Gasteiger partial charge in [0.2, 0.25) is 0 Å². The van der Waals surface area contributed by atoms with Crippen LogP contribution in [0.1, 0.15) is 24.0 Å². The molecule has 3 aliphatic heterocycles. The molecule has 0 aliphatic carbocycles. The monoisotopic (exact) mass is 361 g/mol. The van der Waals surface area contributed by atoms with E-state index in [9.17, 15) is 4.79 Å². The fraction of sp³-hybridized carbons (Fsp3) is 0.381. The van der Waals surface area contributed by atoms with Crippen LogP contribution < -0.4 is 10.6 Å². The largest absolute Gasteiger partial charge is 0.333 e. The van der Waals surface area contributed by atoms with Gasteiger partial charge in [-0.3, -0.25) is 9.88 Å². The maximum Gasteiger partial charge on any atom is 0.319 e. The first-order valence-electron chi connectivity index (χ1n) is 9.43. The maximum atomic E-state index is 12.6. The highest BCUT2D eigenvalue weighted by Gasteiger charge is 2.42. The van der Waals surface area contributed by atoms with Crippen LogP contribution in [0.2, 0.25) is 0 Å². The number of amides is 2. The van der Waals surface area contributed by atoms with E-state index in [-0.39, 0.29) is 12.1 Å². The van der Waals surface area contributed by atoms with Crippen molar-refractivity contribution >= 4 is 11.7 Å². The van der Waals surface area contributed by atoms with E-state index in [0.717, 1.165) is 32.4 Å². The standard InChI is InChI=1S/C21H23N5O/c22-13-15-3-5-18(6-4-15)24-21(27)25-20-17-7-10-26(11-8-17)19(20)12-16-2-1-9-23-14-16/h1-6,9,14,17,19-20H,7-8,10-12H2,(H2,24,25,27)/t19-,20+/m1/s1. The third-order valence-electron chi connectivity index (χ3n) is 5.70. The molecule has 3 saturated heterocycles. The zero-order valence-corrected chi connectivity index (χ0v) is 15.1. The van der Waals surface area contributed by atoms with Gasteiger partial charge in [-0.15, -0.1) is 0 Å². The summed E-state index contributed by atoms with van der Waals surface area (Å²) in [5.41, 5.74) is 2.47. The van der Waals surface area contributed by atoms with Gasteiger partial charge in [0, 0.05) is 30.2 Å². The summed E-state index contributed by atoms with van der Waals surface area (Å²) in [5.74, 6) is 0.517. The molecule has 2 bridgehead atoms. The van der Waals surface area contributed by atoms with Crippen LogP contribution >= 0.6 is 0 Å². The number of urea groups is 1. The highest BCUT2D eigenvalue weighted by molar-refractivity contribution is 5.89. The number of hydrogen-bond acceptors (Lipinski definition) is 4. The molecule has 0 radical (unpaired) electrons. The number of anilines is 1. The van der Waals surface area contributed by atoms with Gasteiger partial charge in [0.1, 0.15) is 0 Å². The third kappa shape index (κ3) is 3.93. The summed E-state index contributed by atoms with van der Waals surface area (Å²) in [6.45, 7) is 2.20. The number of piperidine rings is 3. The Kier molecular flexibility index (Phi) is 5.03. The normalized spacial score (nSPS) is 26.2. The first kappa shape index (κ1) is 17.5. The lowest BCUT2D eigenvalue weighted by Crippen LogP contribution is -2.64. The summed E-state index contributed by atoms with van der Waals surface area (Å²) in [7, 11) is 0. The lowest BCUT2D eigenvalue weighted by Gasteiger charge is -2.51. The second-order valence-electron chi connectivity index (χ2n) is 7.32. The van der Waals surface area contributed by atoms with Crippen molar-refractivity contribution in [3.05, 3.63) is 59.9 Å². The maximum absolute atomic E-state index is 12.6. The van der Waals surface area contributed by atoms with Gasteiger partial charge in [0.25, 0.3) is 0 Å². The van der Waals surface area contributed by atoms with Crippen LogP contribution in [0, 0.1) is 17.2 Å². The van der Waals surface area contributed by atoms with Gasteiger partial charge >= 0.3 is 6.03 Å². The molecule has 4 heterocycles. The summed E-state index contributed by atoms with van der Waals surface area (Å²) in [5, 5.41) is 15.0. The number of nitrogens with one attached hydrogen (secondary N) is 2. The predicted octanol–water partition coefficient (Wildman–Crippen LogP) is 2.78. The Morgan fingerprint density at radius 3 is 2.67 bits per heavy atom. The Hall–Kier alpha value is -2.91. The lowest BCUT2D eigenvalue weighted by atomic mass is 9.77. The molecule has 1 aromatic heterocycles. The van der Waals surface area contributed by atoms with Crippen LogP contribution in [0.5, 0.6) is 0 Å². The average molecular weight is 361 g/mol. The van der Waals surface area contributed by atoms with Crippen LogP contribution in [0.25, 0.3) is 0 Å². The van der Waals surface area contributed by atoms with Crippen LogP contribution in [-0.2, 0) is 6.42 Å². The summed E-state index contributed by atoms with van der Waals surface area (Å²) in [6, 6.07) is 13.3. The Morgan fingerprint density at radius 2 is 2.00 bits per heavy atom. The molecule has 1 aromatic carbocycles. The first-order valence-corrected chi connectivity index (χ1v) is 9.43. The zero-order chi connectivity index (χ0) is 18.6. The number of benzene rings is 1. The summed E-state index contributed by atoms with van der Waals surface area (Å²) in [6.07, 6.45) is 6.86. The highest BCUT2D eigenvalue weighted by atomic mass is 16.2. The fourth-order valence-electron chi connectivity index (χ4n) is 4.33. The number of carbonyl (C=O) groups is 1. The van der Waals surface area contributed by atoms with Gasteiger partial charge in [-0.25, -0.2) is 4.79 Å². The van der Waals surface area contributed by atoms with Gasteiger partial charge < -0.3 is 10.6 Å². The number of nitrogens with zero attached hydrogens (tertiary/aromatic N) is 3. The minimum Gasteiger partial charge on any atom is -0.333 e. The molecule has 3 fully saturated rings. The number of fused-ring (bicyclic) bond motifs is 3. The molecule has 2 N–H and O–H groups in total. The van der Waals surface area contributed by atoms with E-state index in [1.165, 1.54) is 5.56 Å². The number of nitriles is 1. The molecular formula is C21H23N5O. The van der Waals surface area contributed by atoms with E-state index >= 15 is 0 Å². The number of pyridine rings is 1. The molecule has 27 heavy (non-hydrogen) atoms. The van der Waals surface area contributed by atoms with Crippen molar-refractivity contribution in [2.75, 3.05) is 18.4 Å². The van der Waals surface area contributed by atoms with E-state index in [1.807, 2.05) is 12.3 Å². The molecule has 0 unspecified atom stereocenters. The van der Waals surface area contributed by atoms with Crippen LogP contribution in [0.4, 0.5) is 10.5 Å². The smallest absolute Gasteiger partial charge is 0.319 e. The Morgan fingerprint density at radius 1 is 1.22 bits per heavy atom. The van der Waals surface area contributed by atoms with E-state index in [1.54, 1.807) is 30.5 Å². The van der Waals surface area contributed by atoms with Crippen molar-refractivity contribution in [2.45, 2.75) is 31.3 Å². The SMILES string of the molecule is N#Cc1ccc(NC(=O)N[C@H]2C3CCN(CC3)[C@@H]2Cc2cccnc2)cc1. The highest BCUT2D eigenvalue weighted by Crippen LogP contribution is 2.34. The number of hydrogen-bond donors (Lipinski definition) is 2. The zero-order valence-electron chi connectivity index (χ0n) is 15.1. The van der Waals surface area contributed by atoms with Crippen molar-refractivity contribution in [3.63, 3.8) is 0 Å². The molecule has 138 valence electrons. The second kappa shape index (κ2) is 7.77. The number of carbonyl (C=O) groups excluding carboxylic acids is 1. The van der Waals surface area contributed by atoms with Gasteiger partial charge in [-0.05, 0) is 74.2 Å². The van der Waals surface area contributed by atoms with Gasteiger partial charge in [-0.2, -0.15) is 5.26 Å². The van der Waals surface area contributed by atoms with Gasteiger partial charge in [0.15, 0.2) is 0 Å². The molecule has 0 saturated carbocycles. The topological polar surface area (TPSA) is 81.0 Å². The van der Waals surface area contributed by atoms with Crippen LogP contribution in [0.3, 0.4) is 0 Å². The van der Waals surface area contributed by atoms with E-state index < -0.39 is 0 Å². The van der Waals surface area contributed by atoms with Crippen molar-refractivity contribution in [1.82, 2.24) is 15.2 Å². The summed E-state index contributed by atoms with van der Waals surface area (Å²) >= 11 is 0. The molecule has 2 atom stereocenters. The van der Waals surface area contributed by atoms with E-state index in [2.05, 4.69) is 32.7 Å². The minimum absolute atomic E-state index is 0.131. The van der Waals surface area contributed by atoms with Gasteiger partial charge in [-0.1, -0.05) is 6.07 Å². The third-order valence-corrected chi connectivity index (χ3v) is 5.70. The van der Waals surface area contributed by atoms with E-state index in [4.69, 9.17) is 5.26 Å². The predicted molar refractivity (Wildman–Crippen MR) is 103 cm³/mol. The van der Waals surface area contributed by atoms with Crippen molar-refractivity contribution in [2.24, 2.45) is 5.92 Å². The Balaban J connectivity index is 1.44. The molecular weight excluding hydrogens is 338 g/mol. The van der Waals surface area contributed by atoms with Gasteiger partial charge in [0.05, 0.1) is 11.6 Å². The molecule has 5 rings (SSSR count). The molecule has 2 amide bonds. The quantitative estimate of drug-likeness (QED) is 0.877. The van der Waals surface area contributed by atoms with Crippen molar-refractivity contribution < 1.29 is 4.79 Å². The Labute approximate surface area is 159 Å². The molecule has 3 aliphatic rings. The average Bonchev–Trinajstić information content (AvgIpc) is 2.72. The second-order valence-corrected chi connectivity index (χ2v) is 7.32. The van der Waals surface area contributed by atoms with Crippen molar-refractivity contribution in [1.29, 1.82) is 5.26 Å². The lowest BCUT2D eigenvalue weighted by molar-refractivity contribution is 0.0184. The number of aromatic nitrogens is 1. The van der Waals surface area contributed by atoms with E-state index in [0.29, 0.717) is 23.2 Å². The molecule has 6 heteroatoms.